The summed E-state index contributed by atoms with van der Waals surface area (Å²) in [6.07, 6.45) is 1.51. The van der Waals surface area contributed by atoms with Crippen molar-refractivity contribution in [1.82, 2.24) is 15.1 Å². The van der Waals surface area contributed by atoms with Crippen LogP contribution in [0.5, 0.6) is 0 Å². The van der Waals surface area contributed by atoms with Gasteiger partial charge in [0.1, 0.15) is 5.82 Å². The van der Waals surface area contributed by atoms with Crippen LogP contribution in [0.15, 0.2) is 28.7 Å². The minimum absolute atomic E-state index is 0. The van der Waals surface area contributed by atoms with Gasteiger partial charge in [0.2, 0.25) is 5.89 Å². The lowest BCUT2D eigenvalue weighted by molar-refractivity contribution is -0.149. The molecule has 0 saturated carbocycles. The van der Waals surface area contributed by atoms with Crippen LogP contribution in [-0.4, -0.2) is 40.8 Å². The molecule has 1 fully saturated rings. The second kappa shape index (κ2) is 8.92. The molecule has 1 saturated heterocycles. The topological polar surface area (TPSA) is 68.5 Å². The van der Waals surface area contributed by atoms with E-state index in [1.54, 1.807) is 18.2 Å². The third kappa shape index (κ3) is 4.76. The summed E-state index contributed by atoms with van der Waals surface area (Å²) in [5.41, 5.74) is 0.303. The van der Waals surface area contributed by atoms with Gasteiger partial charge in [-0.05, 0) is 45.0 Å². The first-order valence-electron chi connectivity index (χ1n) is 8.13. The second-order valence-corrected chi connectivity index (χ2v) is 5.78. The van der Waals surface area contributed by atoms with E-state index in [0.717, 1.165) is 25.9 Å². The first kappa shape index (κ1) is 19.3. The number of halogens is 2. The molecule has 0 N–H and O–H groups in total. The Morgan fingerprint density at radius 2 is 2.04 bits per heavy atom. The third-order valence-electron chi connectivity index (χ3n) is 4.14. The van der Waals surface area contributed by atoms with E-state index in [-0.39, 0.29) is 36.0 Å². The van der Waals surface area contributed by atoms with E-state index in [1.165, 1.54) is 6.07 Å². The van der Waals surface area contributed by atoms with E-state index in [1.807, 2.05) is 6.92 Å². The highest BCUT2D eigenvalue weighted by atomic mass is 35.5. The van der Waals surface area contributed by atoms with E-state index < -0.39 is 0 Å². The van der Waals surface area contributed by atoms with Gasteiger partial charge < -0.3 is 9.15 Å². The van der Waals surface area contributed by atoms with Gasteiger partial charge in [0, 0.05) is 0 Å². The predicted octanol–water partition coefficient (Wildman–Crippen LogP) is 3.07. The maximum absolute atomic E-state index is 13.7. The lowest BCUT2D eigenvalue weighted by atomic mass is 9.97. The van der Waals surface area contributed by atoms with Crippen molar-refractivity contribution in [2.75, 3.05) is 19.7 Å². The number of rotatable bonds is 5. The van der Waals surface area contributed by atoms with Crippen LogP contribution in [-0.2, 0) is 16.1 Å². The maximum atomic E-state index is 13.7. The van der Waals surface area contributed by atoms with E-state index >= 15 is 0 Å². The molecule has 1 aromatic carbocycles. The van der Waals surface area contributed by atoms with Crippen molar-refractivity contribution < 1.29 is 18.3 Å². The molecule has 1 aromatic heterocycles. The number of hydrogen-bond donors (Lipinski definition) is 0. The average Bonchev–Trinajstić information content (AvgIpc) is 3.04. The minimum atomic E-state index is -0.386. The largest absolute Gasteiger partial charge is 0.466 e. The standard InChI is InChI=1S/C17H20FN3O3.ClH/c1-2-23-17(22)12-7-9-21(10-8-12)11-15-19-20-16(24-15)13-5-3-4-6-14(13)18;/h3-6,12H,2,7-11H2,1H3;1H. The van der Waals surface area contributed by atoms with E-state index in [2.05, 4.69) is 15.1 Å². The van der Waals surface area contributed by atoms with Crippen molar-refractivity contribution in [3.8, 4) is 11.5 Å². The normalized spacial score (nSPS) is 15.6. The fraction of sp³-hybridized carbons (Fsp3) is 0.471. The molecule has 3 rings (SSSR count). The van der Waals surface area contributed by atoms with Crippen LogP contribution in [0.1, 0.15) is 25.7 Å². The van der Waals surface area contributed by atoms with Gasteiger partial charge in [-0.25, -0.2) is 4.39 Å². The summed E-state index contributed by atoms with van der Waals surface area (Å²) in [6, 6.07) is 6.31. The monoisotopic (exact) mass is 369 g/mol. The summed E-state index contributed by atoms with van der Waals surface area (Å²) in [5, 5.41) is 7.92. The summed E-state index contributed by atoms with van der Waals surface area (Å²) >= 11 is 0. The van der Waals surface area contributed by atoms with Crippen molar-refractivity contribution in [1.29, 1.82) is 0 Å². The summed E-state index contributed by atoms with van der Waals surface area (Å²) in [4.78, 5) is 13.9. The quantitative estimate of drug-likeness (QED) is 0.754. The fourth-order valence-corrected chi connectivity index (χ4v) is 2.84. The predicted molar refractivity (Wildman–Crippen MR) is 91.6 cm³/mol. The Bertz CT molecular complexity index is 702. The van der Waals surface area contributed by atoms with Crippen molar-refractivity contribution in [3.05, 3.63) is 36.0 Å². The molecule has 136 valence electrons. The zero-order valence-corrected chi connectivity index (χ0v) is 14.8. The van der Waals surface area contributed by atoms with Gasteiger partial charge >= 0.3 is 5.97 Å². The Labute approximate surface area is 151 Å². The van der Waals surface area contributed by atoms with Crippen molar-refractivity contribution in [2.24, 2.45) is 5.92 Å². The Kier molecular flexibility index (Phi) is 6.90. The molecule has 2 aromatic rings. The van der Waals surface area contributed by atoms with Gasteiger partial charge in [-0.15, -0.1) is 22.6 Å². The molecule has 0 spiro atoms. The number of nitrogens with zero attached hydrogens (tertiary/aromatic N) is 3. The van der Waals surface area contributed by atoms with Crippen LogP contribution in [0, 0.1) is 11.7 Å². The van der Waals surface area contributed by atoms with Crippen LogP contribution >= 0.6 is 12.4 Å². The second-order valence-electron chi connectivity index (χ2n) is 5.78. The summed E-state index contributed by atoms with van der Waals surface area (Å²) < 4.78 is 24.4. The molecule has 0 aliphatic carbocycles. The van der Waals surface area contributed by atoms with Crippen LogP contribution in [0.2, 0.25) is 0 Å². The highest BCUT2D eigenvalue weighted by molar-refractivity contribution is 5.85. The van der Waals surface area contributed by atoms with Crippen LogP contribution in [0.25, 0.3) is 11.5 Å². The Balaban J connectivity index is 0.00000225. The zero-order chi connectivity index (χ0) is 16.9. The molecule has 0 atom stereocenters. The van der Waals surface area contributed by atoms with Gasteiger partial charge in [0.15, 0.2) is 0 Å². The van der Waals surface area contributed by atoms with Gasteiger partial charge in [0.05, 0.1) is 24.6 Å². The molecule has 0 amide bonds. The number of ether oxygens (including phenoxy) is 1. The lowest BCUT2D eigenvalue weighted by Gasteiger charge is -2.29. The molecule has 0 radical (unpaired) electrons. The highest BCUT2D eigenvalue weighted by Crippen LogP contribution is 2.23. The number of carbonyl (C=O) groups is 1. The number of benzene rings is 1. The fourth-order valence-electron chi connectivity index (χ4n) is 2.84. The number of aromatic nitrogens is 2. The van der Waals surface area contributed by atoms with Crippen LogP contribution in [0.3, 0.4) is 0 Å². The van der Waals surface area contributed by atoms with Crippen LogP contribution in [0.4, 0.5) is 4.39 Å². The summed E-state index contributed by atoms with van der Waals surface area (Å²) in [6.45, 7) is 4.26. The molecule has 0 bridgehead atoms. The molecule has 25 heavy (non-hydrogen) atoms. The Hall–Kier alpha value is -1.99. The molecule has 2 heterocycles. The average molecular weight is 370 g/mol. The van der Waals surface area contributed by atoms with Crippen molar-refractivity contribution in [3.63, 3.8) is 0 Å². The van der Waals surface area contributed by atoms with Crippen LogP contribution < -0.4 is 0 Å². The number of carbonyl (C=O) groups excluding carboxylic acids is 1. The Morgan fingerprint density at radius 1 is 1.32 bits per heavy atom. The van der Waals surface area contributed by atoms with Gasteiger partial charge in [-0.2, -0.15) is 0 Å². The highest BCUT2D eigenvalue weighted by Gasteiger charge is 2.26. The number of likely N-dealkylation sites (tertiary alicyclic amines) is 1. The van der Waals surface area contributed by atoms with E-state index in [0.29, 0.717) is 24.6 Å². The molecule has 6 nitrogen and oxygen atoms in total. The van der Waals surface area contributed by atoms with Crippen molar-refractivity contribution >= 4 is 18.4 Å². The third-order valence-corrected chi connectivity index (χ3v) is 4.14. The lowest BCUT2D eigenvalue weighted by Crippen LogP contribution is -2.36. The summed E-state index contributed by atoms with van der Waals surface area (Å²) in [5.74, 6) is 0.102. The molecule has 0 unspecified atom stereocenters. The maximum Gasteiger partial charge on any atom is 0.309 e. The first-order valence-corrected chi connectivity index (χ1v) is 8.13. The van der Waals surface area contributed by atoms with Gasteiger partial charge in [-0.1, -0.05) is 12.1 Å². The minimum Gasteiger partial charge on any atom is -0.466 e. The van der Waals surface area contributed by atoms with E-state index in [4.69, 9.17) is 9.15 Å². The van der Waals surface area contributed by atoms with Gasteiger partial charge in [0.25, 0.3) is 5.89 Å². The first-order chi connectivity index (χ1) is 11.7. The smallest absolute Gasteiger partial charge is 0.309 e. The molecule has 1 aliphatic rings. The molecule has 8 heteroatoms. The number of hydrogen-bond acceptors (Lipinski definition) is 6. The number of piperidine rings is 1. The van der Waals surface area contributed by atoms with Crippen molar-refractivity contribution in [2.45, 2.75) is 26.3 Å². The zero-order valence-electron chi connectivity index (χ0n) is 14.0. The molecule has 1 aliphatic heterocycles. The molecular weight excluding hydrogens is 349 g/mol. The Morgan fingerprint density at radius 3 is 2.72 bits per heavy atom. The SMILES string of the molecule is CCOC(=O)C1CCN(Cc2nnc(-c3ccccc3F)o2)CC1.Cl. The summed E-state index contributed by atoms with van der Waals surface area (Å²) in [7, 11) is 0. The van der Waals surface area contributed by atoms with Gasteiger partial charge in [-0.3, -0.25) is 9.69 Å². The van der Waals surface area contributed by atoms with E-state index in [9.17, 15) is 9.18 Å². The molecular formula is C17H21ClFN3O3. The number of esters is 1.